The van der Waals surface area contributed by atoms with Crippen LogP contribution in [0.4, 0.5) is 0 Å². The summed E-state index contributed by atoms with van der Waals surface area (Å²) in [5.41, 5.74) is 2.33. The van der Waals surface area contributed by atoms with Crippen molar-refractivity contribution in [2.45, 2.75) is 64.4 Å². The van der Waals surface area contributed by atoms with Crippen molar-refractivity contribution >= 4 is 0 Å². The summed E-state index contributed by atoms with van der Waals surface area (Å²) in [6, 6.07) is 0. The van der Waals surface area contributed by atoms with Crippen LogP contribution < -0.4 is 0 Å². The number of hydrogen-bond acceptors (Lipinski definition) is 1. The van der Waals surface area contributed by atoms with Gasteiger partial charge in [0, 0.05) is 5.41 Å². The van der Waals surface area contributed by atoms with Gasteiger partial charge in [0.1, 0.15) is 5.60 Å². The second-order valence-electron chi connectivity index (χ2n) is 9.26. The number of ether oxygens (including phenoxy) is 1. The van der Waals surface area contributed by atoms with Crippen LogP contribution in [0.15, 0.2) is 36.0 Å². The molecule has 23 heavy (non-hydrogen) atoms. The molecule has 5 rings (SSSR count). The summed E-state index contributed by atoms with van der Waals surface area (Å²) in [6.07, 6.45) is 21.6. The second kappa shape index (κ2) is 4.63. The van der Waals surface area contributed by atoms with Crippen LogP contribution in [-0.4, -0.2) is 12.2 Å². The Bertz CT molecular complexity index is 613. The molecule has 124 valence electrons. The molecule has 1 heteroatoms. The van der Waals surface area contributed by atoms with Crippen LogP contribution >= 0.6 is 0 Å². The Kier molecular flexibility index (Phi) is 2.92. The van der Waals surface area contributed by atoms with E-state index < -0.39 is 0 Å². The molecular weight excluding hydrogens is 280 g/mol. The lowest BCUT2D eigenvalue weighted by molar-refractivity contribution is -0.112. The number of hydrogen-bond donors (Lipinski definition) is 0. The second-order valence-corrected chi connectivity index (χ2v) is 9.26. The third-order valence-corrected chi connectivity index (χ3v) is 8.61. The summed E-state index contributed by atoms with van der Waals surface area (Å²) in [7, 11) is 0. The van der Waals surface area contributed by atoms with Crippen molar-refractivity contribution in [3.05, 3.63) is 36.0 Å². The highest BCUT2D eigenvalue weighted by Gasteiger charge is 2.62. The zero-order chi connectivity index (χ0) is 15.7. The molecule has 4 aliphatic carbocycles. The minimum absolute atomic E-state index is 0.160. The van der Waals surface area contributed by atoms with Gasteiger partial charge in [0.15, 0.2) is 0 Å². The Morgan fingerprint density at radius 2 is 1.96 bits per heavy atom. The van der Waals surface area contributed by atoms with E-state index in [-0.39, 0.29) is 11.0 Å². The summed E-state index contributed by atoms with van der Waals surface area (Å²) in [6.45, 7) is 5.91. The molecule has 0 N–H and O–H groups in total. The molecule has 3 fully saturated rings. The number of fused-ring (bicyclic) bond motifs is 6. The molecule has 4 unspecified atom stereocenters. The Hall–Kier alpha value is -0.820. The lowest BCUT2D eigenvalue weighted by atomic mass is 9.45. The highest BCUT2D eigenvalue weighted by Crippen LogP contribution is 2.67. The van der Waals surface area contributed by atoms with Gasteiger partial charge in [-0.05, 0) is 73.8 Å². The summed E-state index contributed by atoms with van der Waals surface area (Å²) in [5.74, 6) is 2.68. The van der Waals surface area contributed by atoms with Gasteiger partial charge in [-0.1, -0.05) is 44.1 Å². The standard InChI is InChI=1S/C22H30O/c1-20-11-4-7-18(20)17-9-8-16-6-3-12-22(13-5-15-23-22)21(16,2)19(17)10-14-20/h3,5-6,12-13,17-19H,4,7-11,14-15H2,1-2H3/t17?,18?,19?,20-,21-,22?/m0/s1. The van der Waals surface area contributed by atoms with Crippen LogP contribution in [0.25, 0.3) is 0 Å². The average molecular weight is 310 g/mol. The molecule has 0 radical (unpaired) electrons. The Balaban J connectivity index is 1.60. The summed E-state index contributed by atoms with van der Waals surface area (Å²) in [5, 5.41) is 0. The Labute approximate surface area is 140 Å². The van der Waals surface area contributed by atoms with Crippen LogP contribution in [0.1, 0.15) is 58.8 Å². The number of allylic oxidation sites excluding steroid dienone is 2. The first-order valence-electron chi connectivity index (χ1n) is 9.80. The molecule has 0 amide bonds. The van der Waals surface area contributed by atoms with Crippen molar-refractivity contribution in [2.24, 2.45) is 28.6 Å². The van der Waals surface area contributed by atoms with Gasteiger partial charge in [0.2, 0.25) is 0 Å². The molecule has 0 bridgehead atoms. The predicted molar refractivity (Wildman–Crippen MR) is 94.0 cm³/mol. The maximum absolute atomic E-state index is 6.40. The third-order valence-electron chi connectivity index (χ3n) is 8.61. The molecule has 5 aliphatic rings. The maximum atomic E-state index is 6.40. The average Bonchev–Trinajstić information content (AvgIpc) is 3.16. The van der Waals surface area contributed by atoms with E-state index in [0.29, 0.717) is 5.41 Å². The molecular formula is C22H30O. The molecule has 0 aromatic heterocycles. The lowest BCUT2D eigenvalue weighted by Gasteiger charge is -2.61. The van der Waals surface area contributed by atoms with Gasteiger partial charge in [-0.25, -0.2) is 0 Å². The normalized spacial score (nSPS) is 53.8. The van der Waals surface area contributed by atoms with Gasteiger partial charge in [-0.3, -0.25) is 0 Å². The van der Waals surface area contributed by atoms with Crippen molar-refractivity contribution in [1.29, 1.82) is 0 Å². The zero-order valence-corrected chi connectivity index (χ0v) is 14.7. The largest absolute Gasteiger partial charge is 0.362 e. The lowest BCUT2D eigenvalue weighted by Crippen LogP contribution is -2.58. The van der Waals surface area contributed by atoms with Gasteiger partial charge in [0.25, 0.3) is 0 Å². The van der Waals surface area contributed by atoms with E-state index in [2.05, 4.69) is 44.2 Å². The van der Waals surface area contributed by atoms with Crippen LogP contribution in [0.5, 0.6) is 0 Å². The summed E-state index contributed by atoms with van der Waals surface area (Å²) in [4.78, 5) is 0. The maximum Gasteiger partial charge on any atom is 0.114 e. The molecule has 1 nitrogen and oxygen atoms in total. The highest BCUT2D eigenvalue weighted by atomic mass is 16.5. The van der Waals surface area contributed by atoms with E-state index in [1.54, 1.807) is 5.57 Å². The number of rotatable bonds is 0. The first-order chi connectivity index (χ1) is 11.1. The minimum atomic E-state index is -0.160. The van der Waals surface area contributed by atoms with Crippen LogP contribution in [0.3, 0.4) is 0 Å². The highest BCUT2D eigenvalue weighted by molar-refractivity contribution is 5.42. The van der Waals surface area contributed by atoms with E-state index in [0.717, 1.165) is 24.4 Å². The summed E-state index contributed by atoms with van der Waals surface area (Å²) >= 11 is 0. The zero-order valence-electron chi connectivity index (χ0n) is 14.7. The smallest absolute Gasteiger partial charge is 0.114 e. The Morgan fingerprint density at radius 3 is 2.78 bits per heavy atom. The van der Waals surface area contributed by atoms with E-state index in [4.69, 9.17) is 4.74 Å². The van der Waals surface area contributed by atoms with Crippen molar-refractivity contribution in [3.63, 3.8) is 0 Å². The van der Waals surface area contributed by atoms with E-state index in [1.807, 2.05) is 0 Å². The fraction of sp³-hybridized carbons (Fsp3) is 0.727. The fourth-order valence-corrected chi connectivity index (χ4v) is 7.38. The van der Waals surface area contributed by atoms with E-state index >= 15 is 0 Å². The van der Waals surface area contributed by atoms with Crippen molar-refractivity contribution in [3.8, 4) is 0 Å². The van der Waals surface area contributed by atoms with Crippen molar-refractivity contribution < 1.29 is 4.74 Å². The first-order valence-corrected chi connectivity index (χ1v) is 9.80. The Morgan fingerprint density at radius 1 is 1.04 bits per heavy atom. The van der Waals surface area contributed by atoms with Crippen LogP contribution in [-0.2, 0) is 4.74 Å². The fourth-order valence-electron chi connectivity index (χ4n) is 7.38. The topological polar surface area (TPSA) is 9.23 Å². The van der Waals surface area contributed by atoms with Gasteiger partial charge in [-0.15, -0.1) is 0 Å². The molecule has 1 spiro atoms. The van der Waals surface area contributed by atoms with E-state index in [1.165, 1.54) is 44.9 Å². The predicted octanol–water partition coefficient (Wildman–Crippen LogP) is 5.44. The van der Waals surface area contributed by atoms with Crippen molar-refractivity contribution in [1.82, 2.24) is 0 Å². The molecule has 1 aliphatic heterocycles. The van der Waals surface area contributed by atoms with Gasteiger partial charge in [-0.2, -0.15) is 0 Å². The monoisotopic (exact) mass is 310 g/mol. The van der Waals surface area contributed by atoms with Crippen LogP contribution in [0, 0.1) is 28.6 Å². The first kappa shape index (κ1) is 14.5. The van der Waals surface area contributed by atoms with Gasteiger partial charge >= 0.3 is 0 Å². The molecule has 6 atom stereocenters. The molecule has 0 saturated heterocycles. The van der Waals surface area contributed by atoms with Gasteiger partial charge < -0.3 is 4.74 Å². The molecule has 0 aromatic carbocycles. The van der Waals surface area contributed by atoms with Gasteiger partial charge in [0.05, 0.1) is 6.61 Å². The minimum Gasteiger partial charge on any atom is -0.362 e. The quantitative estimate of drug-likeness (QED) is 0.541. The SMILES string of the molecule is C[C@@]12CCCC1C1CCC3=CC=CC4(C=CCO4)[C@]3(C)C1CC2. The molecule has 0 aromatic rings. The van der Waals surface area contributed by atoms with Crippen LogP contribution in [0.2, 0.25) is 0 Å². The molecule has 1 heterocycles. The van der Waals surface area contributed by atoms with E-state index in [9.17, 15) is 0 Å². The third kappa shape index (κ3) is 1.68. The van der Waals surface area contributed by atoms with Crippen molar-refractivity contribution in [2.75, 3.05) is 6.61 Å². The summed E-state index contributed by atoms with van der Waals surface area (Å²) < 4.78 is 6.40. The molecule has 3 saturated carbocycles.